The monoisotopic (exact) mass is 334 g/mol. The molecule has 0 unspecified atom stereocenters. The van der Waals surface area contributed by atoms with Crippen LogP contribution in [-0.2, 0) is 11.2 Å². The van der Waals surface area contributed by atoms with Crippen LogP contribution in [0.15, 0.2) is 24.3 Å². The largest absolute Gasteiger partial charge is 0.396 e. The molecule has 0 radical (unpaired) electrons. The van der Waals surface area contributed by atoms with Gasteiger partial charge < -0.3 is 26.4 Å². The van der Waals surface area contributed by atoms with Crippen molar-refractivity contribution in [1.82, 2.24) is 10.2 Å². The van der Waals surface area contributed by atoms with Crippen molar-refractivity contribution in [3.63, 3.8) is 0 Å². The highest BCUT2D eigenvalue weighted by Gasteiger charge is 2.18. The molecular formula is C17H26N4O3. The van der Waals surface area contributed by atoms with E-state index in [1.807, 2.05) is 0 Å². The number of primary amides is 1. The molecule has 1 aliphatic heterocycles. The maximum Gasteiger partial charge on any atom is 0.319 e. The highest BCUT2D eigenvalue weighted by Crippen LogP contribution is 2.15. The van der Waals surface area contributed by atoms with Crippen molar-refractivity contribution in [2.45, 2.75) is 19.3 Å². The molecule has 1 fully saturated rings. The number of carbonyl (C=O) groups excluding carboxylic acids is 2. The first kappa shape index (κ1) is 18.2. The average Bonchev–Trinajstić information content (AvgIpc) is 2.54. The molecule has 5 N–H and O–H groups in total. The second-order valence-electron chi connectivity index (χ2n) is 6.22. The standard InChI is InChI=1S/C17H26N4O3/c18-16(23)10-13-3-1-5-15(9-13)20-17(24)19-6-8-21-7-2-4-14(11-21)12-22/h1,3,5,9,14,22H,2,4,6-8,10-12H2,(H2,18,23)(H2,19,20,24)/t14-/m0/s1. The smallest absolute Gasteiger partial charge is 0.319 e. The van der Waals surface area contributed by atoms with E-state index in [1.54, 1.807) is 24.3 Å². The van der Waals surface area contributed by atoms with E-state index in [1.165, 1.54) is 0 Å². The fourth-order valence-corrected chi connectivity index (χ4v) is 2.97. The molecule has 1 aromatic carbocycles. The Morgan fingerprint density at radius 1 is 1.38 bits per heavy atom. The summed E-state index contributed by atoms with van der Waals surface area (Å²) in [4.78, 5) is 25.1. The van der Waals surface area contributed by atoms with Gasteiger partial charge in [-0.25, -0.2) is 4.79 Å². The van der Waals surface area contributed by atoms with E-state index < -0.39 is 5.91 Å². The van der Waals surface area contributed by atoms with Crippen molar-refractivity contribution in [2.24, 2.45) is 11.7 Å². The minimum absolute atomic E-state index is 0.151. The molecule has 3 amide bonds. The Hall–Kier alpha value is -2.12. The molecule has 1 aliphatic rings. The number of nitrogens with zero attached hydrogens (tertiary/aromatic N) is 1. The maximum absolute atomic E-state index is 11.9. The van der Waals surface area contributed by atoms with Gasteiger partial charge in [-0.1, -0.05) is 12.1 Å². The van der Waals surface area contributed by atoms with Gasteiger partial charge in [-0.15, -0.1) is 0 Å². The quantitative estimate of drug-likeness (QED) is 0.584. The van der Waals surface area contributed by atoms with Gasteiger partial charge in [-0.2, -0.15) is 0 Å². The molecule has 7 nitrogen and oxygen atoms in total. The summed E-state index contributed by atoms with van der Waals surface area (Å²) in [7, 11) is 0. The Balaban J connectivity index is 1.72. The van der Waals surface area contributed by atoms with Crippen molar-refractivity contribution >= 4 is 17.6 Å². The lowest BCUT2D eigenvalue weighted by molar-refractivity contribution is -0.117. The normalized spacial score (nSPS) is 18.1. The van der Waals surface area contributed by atoms with E-state index in [0.717, 1.165) is 38.0 Å². The molecule has 2 rings (SSSR count). The van der Waals surface area contributed by atoms with E-state index in [0.29, 0.717) is 18.2 Å². The van der Waals surface area contributed by atoms with E-state index in [4.69, 9.17) is 5.73 Å². The summed E-state index contributed by atoms with van der Waals surface area (Å²) in [6.45, 7) is 3.44. The summed E-state index contributed by atoms with van der Waals surface area (Å²) in [5.74, 6) is -0.0557. The average molecular weight is 334 g/mol. The van der Waals surface area contributed by atoms with E-state index in [-0.39, 0.29) is 19.1 Å². The van der Waals surface area contributed by atoms with E-state index in [9.17, 15) is 14.7 Å². The molecule has 24 heavy (non-hydrogen) atoms. The summed E-state index contributed by atoms with van der Waals surface area (Å²) >= 11 is 0. The third-order valence-corrected chi connectivity index (χ3v) is 4.14. The number of carbonyl (C=O) groups is 2. The lowest BCUT2D eigenvalue weighted by atomic mass is 9.99. The van der Waals surface area contributed by atoms with E-state index in [2.05, 4.69) is 15.5 Å². The zero-order chi connectivity index (χ0) is 17.4. The zero-order valence-electron chi connectivity index (χ0n) is 13.8. The van der Waals surface area contributed by atoms with Crippen LogP contribution in [0.25, 0.3) is 0 Å². The van der Waals surface area contributed by atoms with Crippen LogP contribution in [0.4, 0.5) is 10.5 Å². The maximum atomic E-state index is 11.9. The van der Waals surface area contributed by atoms with Crippen LogP contribution in [0, 0.1) is 5.92 Å². The number of amides is 3. The summed E-state index contributed by atoms with van der Waals surface area (Å²) in [6.07, 6.45) is 2.31. The first-order chi connectivity index (χ1) is 11.6. The van der Waals surface area contributed by atoms with Crippen molar-refractivity contribution in [1.29, 1.82) is 0 Å². The van der Waals surface area contributed by atoms with Crippen LogP contribution in [0.2, 0.25) is 0 Å². The van der Waals surface area contributed by atoms with Crippen LogP contribution in [0.3, 0.4) is 0 Å². The summed E-state index contributed by atoms with van der Waals surface area (Å²) in [5, 5.41) is 14.8. The summed E-state index contributed by atoms with van der Waals surface area (Å²) in [5.41, 5.74) is 6.57. The minimum Gasteiger partial charge on any atom is -0.396 e. The number of hydrogen-bond donors (Lipinski definition) is 4. The number of rotatable bonds is 7. The molecule has 1 atom stereocenters. The molecule has 1 saturated heterocycles. The Morgan fingerprint density at radius 3 is 2.96 bits per heavy atom. The molecule has 0 spiro atoms. The van der Waals surface area contributed by atoms with Crippen LogP contribution in [0.5, 0.6) is 0 Å². The second kappa shape index (κ2) is 9.24. The molecule has 7 heteroatoms. The number of benzene rings is 1. The van der Waals surface area contributed by atoms with Crippen LogP contribution in [0.1, 0.15) is 18.4 Å². The molecule has 0 saturated carbocycles. The van der Waals surface area contributed by atoms with Gasteiger partial charge in [0.2, 0.25) is 5.91 Å². The number of aliphatic hydroxyl groups excluding tert-OH is 1. The van der Waals surface area contributed by atoms with Crippen molar-refractivity contribution in [3.8, 4) is 0 Å². The van der Waals surface area contributed by atoms with Crippen LogP contribution < -0.4 is 16.4 Å². The van der Waals surface area contributed by atoms with Crippen LogP contribution >= 0.6 is 0 Å². The number of anilines is 1. The molecule has 1 heterocycles. The molecule has 132 valence electrons. The molecular weight excluding hydrogens is 308 g/mol. The fraction of sp³-hybridized carbons (Fsp3) is 0.529. The first-order valence-electron chi connectivity index (χ1n) is 8.32. The van der Waals surface area contributed by atoms with Gasteiger partial charge in [0.1, 0.15) is 0 Å². The number of likely N-dealkylation sites (tertiary alicyclic amines) is 1. The lowest BCUT2D eigenvalue weighted by Gasteiger charge is -2.31. The van der Waals surface area contributed by atoms with Crippen LogP contribution in [-0.4, -0.2) is 54.7 Å². The van der Waals surface area contributed by atoms with Gasteiger partial charge >= 0.3 is 6.03 Å². The van der Waals surface area contributed by atoms with E-state index >= 15 is 0 Å². The van der Waals surface area contributed by atoms with Gasteiger partial charge in [0.15, 0.2) is 0 Å². The van der Waals surface area contributed by atoms with Gasteiger partial charge in [0.05, 0.1) is 6.42 Å². The number of nitrogens with one attached hydrogen (secondary N) is 2. The first-order valence-corrected chi connectivity index (χ1v) is 8.32. The van der Waals surface area contributed by atoms with Crippen molar-refractivity contribution < 1.29 is 14.7 Å². The van der Waals surface area contributed by atoms with Crippen molar-refractivity contribution in [2.75, 3.05) is 38.1 Å². The Morgan fingerprint density at radius 2 is 2.21 bits per heavy atom. The van der Waals surface area contributed by atoms with Gasteiger partial charge in [-0.3, -0.25) is 4.79 Å². The second-order valence-corrected chi connectivity index (χ2v) is 6.22. The molecule has 0 aliphatic carbocycles. The number of aliphatic hydroxyl groups is 1. The SMILES string of the molecule is NC(=O)Cc1cccc(NC(=O)NCCN2CCC[C@H](CO)C2)c1. The number of hydrogen-bond acceptors (Lipinski definition) is 4. The highest BCUT2D eigenvalue weighted by molar-refractivity contribution is 5.89. The van der Waals surface area contributed by atoms with Gasteiger partial charge in [0.25, 0.3) is 0 Å². The zero-order valence-corrected chi connectivity index (χ0v) is 13.8. The lowest BCUT2D eigenvalue weighted by Crippen LogP contribution is -2.42. The van der Waals surface area contributed by atoms with Gasteiger partial charge in [0, 0.05) is 31.9 Å². The number of urea groups is 1. The fourth-order valence-electron chi connectivity index (χ4n) is 2.97. The molecule has 0 aromatic heterocycles. The summed E-state index contributed by atoms with van der Waals surface area (Å²) < 4.78 is 0. The predicted octanol–water partition coefficient (Wildman–Crippen LogP) is 0.540. The number of piperidine rings is 1. The highest BCUT2D eigenvalue weighted by atomic mass is 16.3. The van der Waals surface area contributed by atoms with Gasteiger partial charge in [-0.05, 0) is 43.0 Å². The Bertz CT molecular complexity index is 565. The Kier molecular flexibility index (Phi) is 7.02. The third kappa shape index (κ3) is 6.17. The topological polar surface area (TPSA) is 108 Å². The third-order valence-electron chi connectivity index (χ3n) is 4.14. The minimum atomic E-state index is -0.403. The molecule has 0 bridgehead atoms. The predicted molar refractivity (Wildman–Crippen MR) is 92.6 cm³/mol. The summed E-state index contributed by atoms with van der Waals surface area (Å²) in [6, 6.07) is 6.79. The molecule has 1 aromatic rings. The van der Waals surface area contributed by atoms with Crippen molar-refractivity contribution in [3.05, 3.63) is 29.8 Å². The number of nitrogens with two attached hydrogens (primary N) is 1. The Labute approximate surface area is 142 Å².